The fraction of sp³-hybridized carbons (Fsp3) is 0.125. The predicted octanol–water partition coefficient (Wildman–Crippen LogP) is -0.748. The van der Waals surface area contributed by atoms with E-state index in [1.54, 1.807) is 6.92 Å². The van der Waals surface area contributed by atoms with Crippen molar-refractivity contribution < 1.29 is 15.2 Å². The molecule has 4 nitrogen and oxygen atoms in total. The van der Waals surface area contributed by atoms with E-state index in [-0.39, 0.29) is 11.2 Å². The predicted molar refractivity (Wildman–Crippen MR) is 47.4 cm³/mol. The van der Waals surface area contributed by atoms with E-state index >= 15 is 0 Å². The van der Waals surface area contributed by atoms with Gasteiger partial charge in [-0.25, -0.2) is 0 Å². The van der Waals surface area contributed by atoms with Gasteiger partial charge in [0.15, 0.2) is 0 Å². The molecule has 1 aromatic carbocycles. The zero-order valence-corrected chi connectivity index (χ0v) is 7.02. The van der Waals surface area contributed by atoms with Crippen LogP contribution in [0.1, 0.15) is 11.1 Å². The summed E-state index contributed by atoms with van der Waals surface area (Å²) >= 11 is 0. The van der Waals surface area contributed by atoms with Gasteiger partial charge in [0.05, 0.1) is 11.6 Å². The molecule has 0 heterocycles. The first-order chi connectivity index (χ1) is 6.06. The Kier molecular flexibility index (Phi) is 2.56. The van der Waals surface area contributed by atoms with Crippen LogP contribution in [-0.4, -0.2) is 22.3 Å². The highest BCUT2D eigenvalue weighted by atomic mass is 16.4. The average Bonchev–Trinajstić information content (AvgIpc) is 2.02. The van der Waals surface area contributed by atoms with Gasteiger partial charge in [0, 0.05) is 5.46 Å². The number of phenolic OH excluding ortho intramolecular Hbond substituents is 1. The highest BCUT2D eigenvalue weighted by Crippen LogP contribution is 2.12. The zero-order valence-electron chi connectivity index (χ0n) is 7.02. The number of aryl methyl sites for hydroxylation is 1. The SMILES string of the molecule is Cc1cc(C#N)cc(O)c1B(O)O. The van der Waals surface area contributed by atoms with Crippen molar-refractivity contribution in [3.63, 3.8) is 0 Å². The summed E-state index contributed by atoms with van der Waals surface area (Å²) in [4.78, 5) is 0. The van der Waals surface area contributed by atoms with Crippen molar-refractivity contribution in [2.75, 3.05) is 0 Å². The highest BCUT2D eigenvalue weighted by molar-refractivity contribution is 6.60. The van der Waals surface area contributed by atoms with E-state index in [1.165, 1.54) is 12.1 Å². The maximum atomic E-state index is 9.30. The smallest absolute Gasteiger partial charge is 0.492 e. The van der Waals surface area contributed by atoms with Gasteiger partial charge in [-0.15, -0.1) is 0 Å². The Bertz CT molecular complexity index is 347. The number of hydrogen-bond donors (Lipinski definition) is 3. The van der Waals surface area contributed by atoms with Gasteiger partial charge >= 0.3 is 7.12 Å². The highest BCUT2D eigenvalue weighted by Gasteiger charge is 2.19. The Morgan fingerprint density at radius 3 is 2.38 bits per heavy atom. The van der Waals surface area contributed by atoms with Crippen LogP contribution in [0.4, 0.5) is 0 Å². The van der Waals surface area contributed by atoms with Crippen LogP contribution in [0.3, 0.4) is 0 Å². The number of nitrogens with zero attached hydrogens (tertiary/aromatic N) is 1. The van der Waals surface area contributed by atoms with Crippen molar-refractivity contribution in [1.82, 2.24) is 0 Å². The summed E-state index contributed by atoms with van der Waals surface area (Å²) in [5, 5.41) is 35.6. The summed E-state index contributed by atoms with van der Waals surface area (Å²) < 4.78 is 0. The van der Waals surface area contributed by atoms with E-state index < -0.39 is 7.12 Å². The topological polar surface area (TPSA) is 84.5 Å². The van der Waals surface area contributed by atoms with Crippen molar-refractivity contribution in [2.24, 2.45) is 0 Å². The Morgan fingerprint density at radius 1 is 1.38 bits per heavy atom. The average molecular weight is 177 g/mol. The van der Waals surface area contributed by atoms with Gasteiger partial charge in [0.2, 0.25) is 0 Å². The van der Waals surface area contributed by atoms with E-state index in [9.17, 15) is 5.11 Å². The molecule has 0 aromatic heterocycles. The van der Waals surface area contributed by atoms with E-state index in [2.05, 4.69) is 0 Å². The molecule has 1 rings (SSSR count). The van der Waals surface area contributed by atoms with Gasteiger partial charge in [-0.3, -0.25) is 0 Å². The molecular weight excluding hydrogens is 169 g/mol. The van der Waals surface area contributed by atoms with Gasteiger partial charge in [0.25, 0.3) is 0 Å². The number of nitriles is 1. The zero-order chi connectivity index (χ0) is 10.0. The van der Waals surface area contributed by atoms with Crippen LogP contribution in [0.25, 0.3) is 0 Å². The fourth-order valence-corrected chi connectivity index (χ4v) is 1.18. The molecule has 3 N–H and O–H groups in total. The van der Waals surface area contributed by atoms with Gasteiger partial charge in [-0.2, -0.15) is 5.26 Å². The lowest BCUT2D eigenvalue weighted by atomic mass is 9.76. The molecule has 0 aliphatic rings. The third-order valence-electron chi connectivity index (χ3n) is 1.75. The standard InChI is InChI=1S/C8H8BNO3/c1-5-2-6(4-10)3-7(11)8(5)9(12)13/h2-3,11-13H,1H3. The van der Waals surface area contributed by atoms with Crippen molar-refractivity contribution >= 4 is 12.6 Å². The van der Waals surface area contributed by atoms with Gasteiger partial charge in [-0.05, 0) is 24.6 Å². The molecule has 0 atom stereocenters. The number of rotatable bonds is 1. The van der Waals surface area contributed by atoms with Gasteiger partial charge < -0.3 is 15.2 Å². The second-order valence-electron chi connectivity index (χ2n) is 2.71. The number of aromatic hydroxyl groups is 1. The molecule has 0 bridgehead atoms. The van der Waals surface area contributed by atoms with Crippen LogP contribution < -0.4 is 5.46 Å². The minimum atomic E-state index is -1.72. The molecule has 0 aliphatic carbocycles. The second-order valence-corrected chi connectivity index (χ2v) is 2.71. The van der Waals surface area contributed by atoms with Crippen molar-refractivity contribution in [1.29, 1.82) is 5.26 Å². The van der Waals surface area contributed by atoms with E-state index in [4.69, 9.17) is 15.3 Å². The normalized spacial score (nSPS) is 9.38. The molecule has 0 unspecified atom stereocenters. The third kappa shape index (κ3) is 1.80. The summed E-state index contributed by atoms with van der Waals surface area (Å²) in [5.74, 6) is -0.272. The Hall–Kier alpha value is -1.51. The van der Waals surface area contributed by atoms with Crippen LogP contribution in [0.5, 0.6) is 5.75 Å². The lowest BCUT2D eigenvalue weighted by Crippen LogP contribution is -2.32. The van der Waals surface area contributed by atoms with Crippen LogP contribution in [0.2, 0.25) is 0 Å². The summed E-state index contributed by atoms with van der Waals surface area (Å²) in [5.41, 5.74) is 0.810. The van der Waals surface area contributed by atoms with Gasteiger partial charge in [0.1, 0.15) is 5.75 Å². The van der Waals surface area contributed by atoms with Crippen molar-refractivity contribution in [2.45, 2.75) is 6.92 Å². The first kappa shape index (κ1) is 9.58. The number of phenols is 1. The van der Waals surface area contributed by atoms with E-state index in [0.717, 1.165) is 0 Å². The quantitative estimate of drug-likeness (QED) is 0.492. The van der Waals surface area contributed by atoms with E-state index in [0.29, 0.717) is 11.1 Å². The molecule has 1 aromatic rings. The first-order valence-electron chi connectivity index (χ1n) is 3.66. The summed E-state index contributed by atoms with van der Waals surface area (Å²) in [6.45, 7) is 1.59. The Balaban J connectivity index is 3.33. The van der Waals surface area contributed by atoms with Crippen molar-refractivity contribution in [3.8, 4) is 11.8 Å². The van der Waals surface area contributed by atoms with Crippen LogP contribution in [-0.2, 0) is 0 Å². The molecule has 13 heavy (non-hydrogen) atoms. The Labute approximate surface area is 75.8 Å². The summed E-state index contributed by atoms with van der Waals surface area (Å²) in [6.07, 6.45) is 0. The molecule has 0 radical (unpaired) electrons. The third-order valence-corrected chi connectivity index (χ3v) is 1.75. The molecule has 5 heteroatoms. The van der Waals surface area contributed by atoms with Crippen LogP contribution in [0.15, 0.2) is 12.1 Å². The molecule has 66 valence electrons. The first-order valence-corrected chi connectivity index (χ1v) is 3.66. The van der Waals surface area contributed by atoms with Crippen LogP contribution in [0, 0.1) is 18.3 Å². The van der Waals surface area contributed by atoms with Gasteiger partial charge in [-0.1, -0.05) is 0 Å². The molecule has 0 amide bonds. The maximum absolute atomic E-state index is 9.30. The number of hydrogen-bond acceptors (Lipinski definition) is 4. The molecule has 0 spiro atoms. The molecule has 0 saturated carbocycles. The van der Waals surface area contributed by atoms with E-state index in [1.807, 2.05) is 6.07 Å². The van der Waals surface area contributed by atoms with Crippen molar-refractivity contribution in [3.05, 3.63) is 23.3 Å². The largest absolute Gasteiger partial charge is 0.508 e. The molecule has 0 fully saturated rings. The molecule has 0 saturated heterocycles. The maximum Gasteiger partial charge on any atom is 0.492 e. The monoisotopic (exact) mass is 177 g/mol. The fourth-order valence-electron chi connectivity index (χ4n) is 1.18. The Morgan fingerprint density at radius 2 is 2.00 bits per heavy atom. The molecular formula is C8H8BNO3. The minimum Gasteiger partial charge on any atom is -0.508 e. The van der Waals surface area contributed by atoms with Crippen LogP contribution >= 0.6 is 0 Å². The molecule has 0 aliphatic heterocycles. The summed E-state index contributed by atoms with van der Waals surface area (Å²) in [7, 11) is -1.72. The lowest BCUT2D eigenvalue weighted by molar-refractivity contribution is 0.419. The summed E-state index contributed by atoms with van der Waals surface area (Å²) in [6, 6.07) is 4.53. The minimum absolute atomic E-state index is 0.0407. The lowest BCUT2D eigenvalue weighted by Gasteiger charge is -2.07. The number of benzene rings is 1. The second kappa shape index (κ2) is 3.48.